The van der Waals surface area contributed by atoms with Gasteiger partial charge in [0.05, 0.1) is 11.2 Å². The highest BCUT2D eigenvalue weighted by atomic mass is 35.5. The second-order valence-corrected chi connectivity index (χ2v) is 11.9. The van der Waals surface area contributed by atoms with E-state index in [2.05, 4.69) is 31.9 Å². The van der Waals surface area contributed by atoms with Crippen LogP contribution in [0.15, 0.2) is 79.4 Å². The molecule has 0 saturated carbocycles. The number of thiophene rings is 1. The molecule has 0 aliphatic carbocycles. The summed E-state index contributed by atoms with van der Waals surface area (Å²) < 4.78 is 8.64. The van der Waals surface area contributed by atoms with Crippen LogP contribution in [0.1, 0.15) is 18.2 Å². The number of halogens is 1. The van der Waals surface area contributed by atoms with Gasteiger partial charge in [-0.05, 0) is 67.8 Å². The molecular weight excluding hydrogens is 594 g/mol. The van der Waals surface area contributed by atoms with E-state index in [0.717, 1.165) is 54.0 Å². The Balaban J connectivity index is 1.54. The van der Waals surface area contributed by atoms with E-state index in [4.69, 9.17) is 22.1 Å². The number of anilines is 2. The van der Waals surface area contributed by atoms with Crippen molar-refractivity contribution in [3.63, 3.8) is 0 Å². The van der Waals surface area contributed by atoms with Crippen LogP contribution in [0.3, 0.4) is 0 Å². The molecule has 0 unspecified atom stereocenters. The number of nitrogens with two attached hydrogens (primary N) is 1. The first-order valence-corrected chi connectivity index (χ1v) is 14.8. The molecule has 0 atom stereocenters. The van der Waals surface area contributed by atoms with Gasteiger partial charge in [0, 0.05) is 74.2 Å². The molecule has 6 aromatic rings. The number of amides is 1. The van der Waals surface area contributed by atoms with Gasteiger partial charge < -0.3 is 15.8 Å². The fourth-order valence-corrected chi connectivity index (χ4v) is 6.57. The molecule has 0 aliphatic heterocycles. The van der Waals surface area contributed by atoms with Crippen molar-refractivity contribution in [1.82, 2.24) is 24.7 Å². The molecule has 0 radical (unpaired) electrons. The SMILES string of the molecule is C=C(C)C(=O)Nc1ccc(-c2sc3c(-c4cnn(C)c4)cnc(N)c3c2-c2ccc(Oc3nccc(C)n3)c(Cl)c2)c(C)c1. The van der Waals surface area contributed by atoms with Crippen LogP contribution in [-0.4, -0.2) is 30.6 Å². The third-order valence-corrected chi connectivity index (χ3v) is 8.62. The minimum absolute atomic E-state index is 0.213. The summed E-state index contributed by atoms with van der Waals surface area (Å²) >= 11 is 8.42. The van der Waals surface area contributed by atoms with E-state index in [1.54, 1.807) is 47.5 Å². The lowest BCUT2D eigenvalue weighted by Crippen LogP contribution is -2.11. The summed E-state index contributed by atoms with van der Waals surface area (Å²) in [7, 11) is 1.88. The molecule has 3 N–H and O–H groups in total. The van der Waals surface area contributed by atoms with Crippen LogP contribution in [0, 0.1) is 13.8 Å². The van der Waals surface area contributed by atoms with Gasteiger partial charge in [0.1, 0.15) is 11.6 Å². The molecule has 6 rings (SSSR count). The first-order chi connectivity index (χ1) is 21.1. The zero-order chi connectivity index (χ0) is 31.1. The average molecular weight is 622 g/mol. The Labute approximate surface area is 263 Å². The second kappa shape index (κ2) is 11.6. The summed E-state index contributed by atoms with van der Waals surface area (Å²) in [5.41, 5.74) is 14.0. The van der Waals surface area contributed by atoms with Crippen LogP contribution >= 0.6 is 22.9 Å². The van der Waals surface area contributed by atoms with Crippen molar-refractivity contribution in [1.29, 1.82) is 0 Å². The average Bonchev–Trinajstić information content (AvgIpc) is 3.59. The molecule has 4 heterocycles. The largest absolute Gasteiger partial charge is 0.423 e. The summed E-state index contributed by atoms with van der Waals surface area (Å²) in [6.45, 7) is 9.28. The summed E-state index contributed by atoms with van der Waals surface area (Å²) in [4.78, 5) is 26.3. The van der Waals surface area contributed by atoms with Crippen LogP contribution in [-0.2, 0) is 11.8 Å². The number of hydrogen-bond donors (Lipinski definition) is 2. The number of rotatable bonds is 7. The Hall–Kier alpha value is -5.06. The highest BCUT2D eigenvalue weighted by Crippen LogP contribution is 2.51. The van der Waals surface area contributed by atoms with Crippen molar-refractivity contribution in [2.24, 2.45) is 7.05 Å². The first kappa shape index (κ1) is 29.0. The number of fused-ring (bicyclic) bond motifs is 1. The summed E-state index contributed by atoms with van der Waals surface area (Å²) in [5.74, 6) is 0.600. The minimum atomic E-state index is -0.229. The third-order valence-electron chi connectivity index (χ3n) is 7.07. The van der Waals surface area contributed by atoms with Crippen LogP contribution in [0.25, 0.3) is 42.8 Å². The van der Waals surface area contributed by atoms with Gasteiger partial charge in [-0.3, -0.25) is 9.48 Å². The zero-order valence-electron chi connectivity index (χ0n) is 24.5. The molecule has 4 aromatic heterocycles. The molecule has 220 valence electrons. The van der Waals surface area contributed by atoms with Crippen LogP contribution < -0.4 is 15.8 Å². The van der Waals surface area contributed by atoms with Gasteiger partial charge in [0.15, 0.2) is 0 Å². The Morgan fingerprint density at radius 2 is 1.89 bits per heavy atom. The maximum absolute atomic E-state index is 12.3. The predicted octanol–water partition coefficient (Wildman–Crippen LogP) is 7.98. The van der Waals surface area contributed by atoms with Gasteiger partial charge >= 0.3 is 6.01 Å². The van der Waals surface area contributed by atoms with Gasteiger partial charge in [0.2, 0.25) is 0 Å². The van der Waals surface area contributed by atoms with E-state index in [-0.39, 0.29) is 11.9 Å². The number of carbonyl (C=O) groups excluding carboxylic acids is 1. The maximum atomic E-state index is 12.3. The number of nitrogens with one attached hydrogen (secondary N) is 1. The molecule has 0 saturated heterocycles. The molecule has 0 bridgehead atoms. The smallest absolute Gasteiger partial charge is 0.322 e. The quantitative estimate of drug-likeness (QED) is 0.173. The number of nitrogen functional groups attached to an aromatic ring is 1. The Morgan fingerprint density at radius 3 is 2.57 bits per heavy atom. The number of aromatic nitrogens is 5. The fourth-order valence-electron chi connectivity index (χ4n) is 4.90. The molecule has 44 heavy (non-hydrogen) atoms. The molecular formula is C33H28ClN7O2S. The van der Waals surface area contributed by atoms with Gasteiger partial charge in [-0.1, -0.05) is 30.3 Å². The molecule has 2 aromatic carbocycles. The van der Waals surface area contributed by atoms with Crippen molar-refractivity contribution in [3.8, 4) is 44.5 Å². The number of pyridine rings is 1. The van der Waals surface area contributed by atoms with Gasteiger partial charge in [-0.15, -0.1) is 11.3 Å². The number of hydrogen-bond acceptors (Lipinski definition) is 8. The highest BCUT2D eigenvalue weighted by Gasteiger charge is 2.24. The number of ether oxygens (including phenoxy) is 1. The Kier molecular flexibility index (Phi) is 7.62. The van der Waals surface area contributed by atoms with E-state index in [1.807, 2.05) is 63.6 Å². The Bertz CT molecular complexity index is 2100. The summed E-state index contributed by atoms with van der Waals surface area (Å²) in [5, 5.41) is 8.47. The van der Waals surface area contributed by atoms with Crippen LogP contribution in [0.5, 0.6) is 11.8 Å². The molecule has 0 fully saturated rings. The fraction of sp³-hybridized carbons (Fsp3) is 0.121. The van der Waals surface area contributed by atoms with Crippen molar-refractivity contribution in [3.05, 3.63) is 95.7 Å². The minimum Gasteiger partial charge on any atom is -0.423 e. The molecule has 0 aliphatic rings. The molecule has 0 spiro atoms. The Morgan fingerprint density at radius 1 is 1.07 bits per heavy atom. The van der Waals surface area contributed by atoms with Crippen molar-refractivity contribution < 1.29 is 9.53 Å². The summed E-state index contributed by atoms with van der Waals surface area (Å²) in [6, 6.07) is 13.4. The second-order valence-electron chi connectivity index (χ2n) is 10.5. The number of aryl methyl sites for hydroxylation is 3. The first-order valence-electron chi connectivity index (χ1n) is 13.6. The lowest BCUT2D eigenvalue weighted by molar-refractivity contribution is -0.112. The lowest BCUT2D eigenvalue weighted by Gasteiger charge is -2.13. The highest BCUT2D eigenvalue weighted by molar-refractivity contribution is 7.23. The van der Waals surface area contributed by atoms with Gasteiger partial charge in [-0.25, -0.2) is 15.0 Å². The van der Waals surface area contributed by atoms with Crippen LogP contribution in [0.2, 0.25) is 5.02 Å². The topological polar surface area (TPSA) is 121 Å². The monoisotopic (exact) mass is 621 g/mol. The van der Waals surface area contributed by atoms with Crippen molar-refractivity contribution >= 4 is 50.4 Å². The van der Waals surface area contributed by atoms with E-state index in [1.165, 1.54) is 0 Å². The number of benzene rings is 2. The molecule has 9 nitrogen and oxygen atoms in total. The third kappa shape index (κ3) is 5.52. The summed E-state index contributed by atoms with van der Waals surface area (Å²) in [6.07, 6.45) is 7.18. The van der Waals surface area contributed by atoms with E-state index in [0.29, 0.717) is 27.9 Å². The zero-order valence-corrected chi connectivity index (χ0v) is 26.0. The van der Waals surface area contributed by atoms with Crippen LogP contribution in [0.4, 0.5) is 11.5 Å². The van der Waals surface area contributed by atoms with E-state index < -0.39 is 0 Å². The normalized spacial score (nSPS) is 11.1. The van der Waals surface area contributed by atoms with Crippen molar-refractivity contribution in [2.45, 2.75) is 20.8 Å². The molecule has 11 heteroatoms. The van der Waals surface area contributed by atoms with Gasteiger partial charge in [0.25, 0.3) is 5.91 Å². The lowest BCUT2D eigenvalue weighted by atomic mass is 9.95. The van der Waals surface area contributed by atoms with Crippen molar-refractivity contribution in [2.75, 3.05) is 11.1 Å². The van der Waals surface area contributed by atoms with E-state index >= 15 is 0 Å². The standard InChI is InChI=1S/C33H28ClN7O2S/c1-17(2)32(42)40-22-7-8-23(18(3)12-22)29-27(20-6-9-26(25(34)13-20)43-33-36-11-10-19(4)39-33)28-30(44-29)24(15-37-31(28)35)21-14-38-41(5)16-21/h6-16H,1H2,2-5H3,(H2,35,37)(H,40,42). The number of carbonyl (C=O) groups is 1. The number of nitrogens with zero attached hydrogens (tertiary/aromatic N) is 5. The predicted molar refractivity (Wildman–Crippen MR) is 177 cm³/mol. The van der Waals surface area contributed by atoms with Gasteiger partial charge in [-0.2, -0.15) is 5.10 Å². The molecule has 1 amide bonds. The maximum Gasteiger partial charge on any atom is 0.322 e. The van der Waals surface area contributed by atoms with E-state index in [9.17, 15) is 4.79 Å².